The number of morpholine rings is 1. The number of aromatic nitrogens is 1. The number of benzene rings is 2. The number of anilines is 1. The van der Waals surface area contributed by atoms with Crippen LogP contribution in [0.5, 0.6) is 0 Å². The van der Waals surface area contributed by atoms with Crippen LogP contribution in [0.15, 0.2) is 48.5 Å². The van der Waals surface area contributed by atoms with Crippen molar-refractivity contribution in [3.8, 4) is 6.07 Å². The molecule has 0 aliphatic carbocycles. The Balaban J connectivity index is 1.61. The average molecular weight is 393 g/mol. The van der Waals surface area contributed by atoms with Crippen LogP contribution in [-0.4, -0.2) is 50.3 Å². The molecule has 3 aromatic rings. The lowest BCUT2D eigenvalue weighted by Gasteiger charge is -2.27. The third kappa shape index (κ3) is 4.04. The predicted octanol–water partition coefficient (Wildman–Crippen LogP) is 1.73. The van der Waals surface area contributed by atoms with Crippen LogP contribution in [0, 0.1) is 11.3 Å². The smallest absolute Gasteiger partial charge is 0.260 e. The number of fused-ring (bicyclic) bond motifs is 1. The first-order valence-electron chi connectivity index (χ1n) is 9.33. The number of thiazole rings is 1. The fourth-order valence-electron chi connectivity index (χ4n) is 3.28. The number of quaternary nitrogens is 1. The van der Waals surface area contributed by atoms with Crippen molar-refractivity contribution in [2.45, 2.75) is 0 Å². The second kappa shape index (κ2) is 8.48. The van der Waals surface area contributed by atoms with Gasteiger partial charge in [0.15, 0.2) is 5.13 Å². The first-order valence-corrected chi connectivity index (χ1v) is 10.1. The Kier molecular flexibility index (Phi) is 5.63. The average Bonchev–Trinajstić information content (AvgIpc) is 3.18. The SMILES string of the molecule is N#Cc1ccc(C(=O)N(CC[NH+]2CCOCC2)c2nc3ccccc3s2)cc1. The Hall–Kier alpha value is -2.79. The zero-order chi connectivity index (χ0) is 19.3. The molecule has 6 nitrogen and oxygen atoms in total. The molecule has 0 atom stereocenters. The molecule has 2 aromatic carbocycles. The summed E-state index contributed by atoms with van der Waals surface area (Å²) in [5, 5.41) is 9.71. The maximum Gasteiger partial charge on any atom is 0.260 e. The molecular formula is C21H21N4O2S+. The Labute approximate surface area is 167 Å². The Morgan fingerprint density at radius 3 is 2.64 bits per heavy atom. The van der Waals surface area contributed by atoms with Crippen molar-refractivity contribution in [2.24, 2.45) is 0 Å². The molecule has 1 aromatic heterocycles. The molecule has 2 heterocycles. The van der Waals surface area contributed by atoms with Gasteiger partial charge in [0.2, 0.25) is 0 Å². The van der Waals surface area contributed by atoms with Crippen LogP contribution >= 0.6 is 11.3 Å². The number of rotatable bonds is 5. The molecule has 0 saturated carbocycles. The fraction of sp³-hybridized carbons (Fsp3) is 0.286. The van der Waals surface area contributed by atoms with Crippen molar-refractivity contribution in [3.63, 3.8) is 0 Å². The van der Waals surface area contributed by atoms with Gasteiger partial charge in [-0.05, 0) is 36.4 Å². The van der Waals surface area contributed by atoms with Crippen molar-refractivity contribution in [1.29, 1.82) is 5.26 Å². The number of hydrogen-bond acceptors (Lipinski definition) is 5. The van der Waals surface area contributed by atoms with E-state index in [9.17, 15) is 4.79 Å². The zero-order valence-corrected chi connectivity index (χ0v) is 16.2. The van der Waals surface area contributed by atoms with Gasteiger partial charge in [0.05, 0.1) is 48.2 Å². The maximum absolute atomic E-state index is 13.3. The Bertz CT molecular complexity index is 970. The van der Waals surface area contributed by atoms with Gasteiger partial charge < -0.3 is 9.64 Å². The van der Waals surface area contributed by atoms with Crippen molar-refractivity contribution < 1.29 is 14.4 Å². The second-order valence-corrected chi connectivity index (χ2v) is 7.73. The molecule has 0 radical (unpaired) electrons. The standard InChI is InChI=1S/C21H20N4O2S/c22-15-16-5-7-17(8-6-16)20(26)25(10-9-24-11-13-27-14-12-24)21-23-18-3-1-2-4-19(18)28-21/h1-8H,9-14H2/p+1. The Morgan fingerprint density at radius 2 is 1.93 bits per heavy atom. The monoisotopic (exact) mass is 393 g/mol. The lowest BCUT2D eigenvalue weighted by atomic mass is 10.1. The van der Waals surface area contributed by atoms with Gasteiger partial charge in [-0.3, -0.25) is 9.69 Å². The molecule has 142 valence electrons. The van der Waals surface area contributed by atoms with E-state index in [-0.39, 0.29) is 5.91 Å². The highest BCUT2D eigenvalue weighted by Crippen LogP contribution is 2.29. The third-order valence-electron chi connectivity index (χ3n) is 4.91. The molecule has 28 heavy (non-hydrogen) atoms. The van der Waals surface area contributed by atoms with E-state index in [1.807, 2.05) is 24.3 Å². The highest BCUT2D eigenvalue weighted by atomic mass is 32.1. The molecule has 7 heteroatoms. The number of nitrogens with zero attached hydrogens (tertiary/aromatic N) is 3. The fourth-order valence-corrected chi connectivity index (χ4v) is 4.27. The number of para-hydroxylation sites is 1. The summed E-state index contributed by atoms with van der Waals surface area (Å²) < 4.78 is 6.50. The van der Waals surface area contributed by atoms with Gasteiger partial charge >= 0.3 is 0 Å². The minimum atomic E-state index is -0.0868. The van der Waals surface area contributed by atoms with E-state index in [1.165, 1.54) is 16.2 Å². The summed E-state index contributed by atoms with van der Waals surface area (Å²) in [7, 11) is 0. The van der Waals surface area contributed by atoms with Gasteiger partial charge in [-0.1, -0.05) is 23.5 Å². The lowest BCUT2D eigenvalue weighted by molar-refractivity contribution is -0.906. The lowest BCUT2D eigenvalue weighted by Crippen LogP contribution is -3.14. The molecule has 4 rings (SSSR count). The predicted molar refractivity (Wildman–Crippen MR) is 109 cm³/mol. The van der Waals surface area contributed by atoms with Crippen LogP contribution in [-0.2, 0) is 4.74 Å². The minimum Gasteiger partial charge on any atom is -0.370 e. The van der Waals surface area contributed by atoms with Crippen LogP contribution < -0.4 is 9.80 Å². The van der Waals surface area contributed by atoms with Gasteiger partial charge in [0, 0.05) is 5.56 Å². The van der Waals surface area contributed by atoms with Crippen molar-refractivity contribution in [2.75, 3.05) is 44.3 Å². The minimum absolute atomic E-state index is 0.0868. The topological polar surface area (TPSA) is 70.7 Å². The molecule has 1 N–H and O–H groups in total. The quantitative estimate of drug-likeness (QED) is 0.717. The van der Waals surface area contributed by atoms with E-state index in [0.717, 1.165) is 43.1 Å². The second-order valence-electron chi connectivity index (χ2n) is 6.72. The molecular weight excluding hydrogens is 372 g/mol. The van der Waals surface area contributed by atoms with Crippen molar-refractivity contribution in [3.05, 3.63) is 59.7 Å². The highest BCUT2D eigenvalue weighted by Gasteiger charge is 2.24. The molecule has 1 fully saturated rings. The number of hydrogen-bond donors (Lipinski definition) is 1. The van der Waals surface area contributed by atoms with Gasteiger partial charge in [0.25, 0.3) is 5.91 Å². The summed E-state index contributed by atoms with van der Waals surface area (Å²) >= 11 is 1.53. The number of nitrogens with one attached hydrogen (secondary N) is 1. The van der Waals surface area contributed by atoms with E-state index in [2.05, 4.69) is 6.07 Å². The molecule has 0 spiro atoms. The largest absolute Gasteiger partial charge is 0.370 e. The number of ether oxygens (including phenoxy) is 1. The van der Waals surface area contributed by atoms with Crippen LogP contribution in [0.25, 0.3) is 10.2 Å². The van der Waals surface area contributed by atoms with Crippen LogP contribution in [0.2, 0.25) is 0 Å². The van der Waals surface area contributed by atoms with Crippen LogP contribution in [0.4, 0.5) is 5.13 Å². The summed E-state index contributed by atoms with van der Waals surface area (Å²) in [6.07, 6.45) is 0. The molecule has 1 saturated heterocycles. The van der Waals surface area contributed by atoms with E-state index >= 15 is 0 Å². The van der Waals surface area contributed by atoms with Crippen molar-refractivity contribution >= 4 is 32.6 Å². The van der Waals surface area contributed by atoms with E-state index in [1.54, 1.807) is 29.2 Å². The van der Waals surface area contributed by atoms with Gasteiger partial charge in [0.1, 0.15) is 13.1 Å². The Morgan fingerprint density at radius 1 is 1.18 bits per heavy atom. The number of amides is 1. The molecule has 1 aliphatic heterocycles. The molecule has 0 unspecified atom stereocenters. The molecule has 1 amide bonds. The highest BCUT2D eigenvalue weighted by molar-refractivity contribution is 7.22. The summed E-state index contributed by atoms with van der Waals surface area (Å²) in [6.45, 7) is 4.88. The van der Waals surface area contributed by atoms with Gasteiger partial charge in [-0.2, -0.15) is 5.26 Å². The van der Waals surface area contributed by atoms with Crippen LogP contribution in [0.1, 0.15) is 15.9 Å². The van der Waals surface area contributed by atoms with Gasteiger partial charge in [-0.15, -0.1) is 0 Å². The number of nitriles is 1. The number of carbonyl (C=O) groups is 1. The zero-order valence-electron chi connectivity index (χ0n) is 15.4. The van der Waals surface area contributed by atoms with Crippen LogP contribution in [0.3, 0.4) is 0 Å². The van der Waals surface area contributed by atoms with E-state index in [4.69, 9.17) is 15.0 Å². The van der Waals surface area contributed by atoms with Crippen molar-refractivity contribution in [1.82, 2.24) is 4.98 Å². The van der Waals surface area contributed by atoms with E-state index < -0.39 is 0 Å². The summed E-state index contributed by atoms with van der Waals surface area (Å²) in [5.74, 6) is -0.0868. The summed E-state index contributed by atoms with van der Waals surface area (Å²) in [5.41, 5.74) is 2.01. The van der Waals surface area contributed by atoms with Gasteiger partial charge in [-0.25, -0.2) is 4.98 Å². The summed E-state index contributed by atoms with van der Waals surface area (Å²) in [6, 6.07) is 16.8. The molecule has 0 bridgehead atoms. The third-order valence-corrected chi connectivity index (χ3v) is 5.97. The first kappa shape index (κ1) is 18.6. The maximum atomic E-state index is 13.3. The molecule has 1 aliphatic rings. The normalized spacial score (nSPS) is 14.7. The summed E-state index contributed by atoms with van der Waals surface area (Å²) in [4.78, 5) is 21.2. The van der Waals surface area contributed by atoms with E-state index in [0.29, 0.717) is 22.8 Å². The number of carbonyl (C=O) groups excluding carboxylic acids is 1. The first-order chi connectivity index (χ1) is 13.7.